The van der Waals surface area contributed by atoms with Crippen LogP contribution in [0.1, 0.15) is 16.1 Å². The van der Waals surface area contributed by atoms with E-state index in [0.29, 0.717) is 12.2 Å². The van der Waals surface area contributed by atoms with E-state index in [4.69, 9.17) is 4.74 Å². The first-order chi connectivity index (χ1) is 14.5. The molecule has 0 saturated carbocycles. The number of thiophene rings is 1. The van der Waals surface area contributed by atoms with Gasteiger partial charge in [0.15, 0.2) is 0 Å². The van der Waals surface area contributed by atoms with Crippen molar-refractivity contribution < 1.29 is 24.2 Å². The Hall–Kier alpha value is -2.91. The monoisotopic (exact) mass is 431 g/mol. The molecule has 2 N–H and O–H groups in total. The first kappa shape index (κ1) is 21.8. The number of carboxylic acids is 1. The van der Waals surface area contributed by atoms with E-state index in [-0.39, 0.29) is 11.3 Å². The topological polar surface area (TPSA) is 99.2 Å². The minimum Gasteiger partial charge on any atom is -0.481 e. The van der Waals surface area contributed by atoms with Crippen LogP contribution in [0.3, 0.4) is 0 Å². The molecule has 0 radical (unpaired) electrons. The maximum atomic E-state index is 12.4. The summed E-state index contributed by atoms with van der Waals surface area (Å²) in [7, 11) is 1.27. The van der Waals surface area contributed by atoms with Crippen molar-refractivity contribution in [2.75, 3.05) is 50.1 Å². The number of carbonyl (C=O) groups excluding carboxylic acids is 2. The van der Waals surface area contributed by atoms with Crippen molar-refractivity contribution in [3.8, 4) is 0 Å². The van der Waals surface area contributed by atoms with E-state index in [9.17, 15) is 19.5 Å². The summed E-state index contributed by atoms with van der Waals surface area (Å²) < 4.78 is 4.69. The zero-order valence-corrected chi connectivity index (χ0v) is 17.6. The molecule has 1 amide bonds. The van der Waals surface area contributed by atoms with Crippen molar-refractivity contribution in [3.63, 3.8) is 0 Å². The number of amides is 1. The second kappa shape index (κ2) is 10.2. The molecule has 1 fully saturated rings. The largest absolute Gasteiger partial charge is 0.481 e. The van der Waals surface area contributed by atoms with Gasteiger partial charge in [-0.3, -0.25) is 14.5 Å². The zero-order valence-electron chi connectivity index (χ0n) is 16.7. The number of carboxylic acid groups (broad SMARTS) is 1. The van der Waals surface area contributed by atoms with E-state index in [1.54, 1.807) is 11.4 Å². The summed E-state index contributed by atoms with van der Waals surface area (Å²) in [6, 6.07) is 11.7. The van der Waals surface area contributed by atoms with E-state index < -0.39 is 23.8 Å². The molecule has 1 aliphatic rings. The molecule has 1 atom stereocenters. The number of carbonyl (C=O) groups is 3. The van der Waals surface area contributed by atoms with Gasteiger partial charge in [0, 0.05) is 44.8 Å². The Labute approximate surface area is 179 Å². The van der Waals surface area contributed by atoms with Gasteiger partial charge in [-0.25, -0.2) is 4.79 Å². The molecule has 0 bridgehead atoms. The van der Waals surface area contributed by atoms with Gasteiger partial charge in [-0.05, 0) is 23.6 Å². The molecular formula is C21H25N3O5S. The summed E-state index contributed by atoms with van der Waals surface area (Å²) in [6.07, 6.45) is -0.162. The zero-order chi connectivity index (χ0) is 21.5. The molecule has 2 heterocycles. The predicted octanol–water partition coefficient (Wildman–Crippen LogP) is 2.39. The Morgan fingerprint density at radius 1 is 1.13 bits per heavy atom. The van der Waals surface area contributed by atoms with E-state index in [2.05, 4.69) is 27.2 Å². The number of aliphatic carboxylic acids is 1. The Morgan fingerprint density at radius 3 is 2.47 bits per heavy atom. The first-order valence-corrected chi connectivity index (χ1v) is 10.6. The van der Waals surface area contributed by atoms with E-state index in [1.165, 1.54) is 7.11 Å². The van der Waals surface area contributed by atoms with Gasteiger partial charge < -0.3 is 20.1 Å². The highest BCUT2D eigenvalue weighted by molar-refractivity contribution is 7.12. The van der Waals surface area contributed by atoms with Gasteiger partial charge in [0.25, 0.3) is 0 Å². The molecule has 1 aliphatic heterocycles. The number of para-hydroxylation sites is 1. The van der Waals surface area contributed by atoms with Crippen molar-refractivity contribution in [2.45, 2.75) is 6.42 Å². The molecule has 8 nitrogen and oxygen atoms in total. The summed E-state index contributed by atoms with van der Waals surface area (Å²) in [5.41, 5.74) is 1.50. The third-order valence-corrected chi connectivity index (χ3v) is 5.96. The molecule has 9 heteroatoms. The maximum Gasteiger partial charge on any atom is 0.350 e. The number of esters is 1. The molecule has 1 aromatic heterocycles. The van der Waals surface area contributed by atoms with Crippen molar-refractivity contribution in [3.05, 3.63) is 46.7 Å². The van der Waals surface area contributed by atoms with Gasteiger partial charge in [0.2, 0.25) is 5.91 Å². The number of hydrogen-bond acceptors (Lipinski definition) is 7. The number of piperazine rings is 1. The van der Waals surface area contributed by atoms with Crippen LogP contribution in [-0.2, 0) is 14.3 Å². The lowest BCUT2D eigenvalue weighted by Gasteiger charge is -2.37. The van der Waals surface area contributed by atoms with Crippen LogP contribution < -0.4 is 10.2 Å². The number of anilines is 2. The second-order valence-electron chi connectivity index (χ2n) is 7.07. The number of methoxy groups -OCH3 is 1. The highest BCUT2D eigenvalue weighted by Gasteiger charge is 2.27. The van der Waals surface area contributed by atoms with Crippen LogP contribution >= 0.6 is 11.3 Å². The highest BCUT2D eigenvalue weighted by Crippen LogP contribution is 2.24. The predicted molar refractivity (Wildman–Crippen MR) is 115 cm³/mol. The lowest BCUT2D eigenvalue weighted by atomic mass is 10.0. The molecule has 1 unspecified atom stereocenters. The number of nitrogens with zero attached hydrogens (tertiary/aromatic N) is 2. The molecule has 0 spiro atoms. The molecule has 1 saturated heterocycles. The number of hydrogen-bond donors (Lipinski definition) is 2. The smallest absolute Gasteiger partial charge is 0.350 e. The van der Waals surface area contributed by atoms with Gasteiger partial charge in [-0.1, -0.05) is 18.2 Å². The Balaban J connectivity index is 1.53. The Kier molecular flexibility index (Phi) is 7.42. The van der Waals surface area contributed by atoms with Gasteiger partial charge >= 0.3 is 11.9 Å². The average molecular weight is 432 g/mol. The summed E-state index contributed by atoms with van der Waals surface area (Å²) in [5, 5.41) is 13.9. The van der Waals surface area contributed by atoms with Gasteiger partial charge in [0.05, 0.1) is 18.7 Å². The van der Waals surface area contributed by atoms with Crippen molar-refractivity contribution in [1.29, 1.82) is 0 Å². The minimum absolute atomic E-state index is 0.162. The van der Waals surface area contributed by atoms with Crippen molar-refractivity contribution in [1.82, 2.24) is 4.90 Å². The van der Waals surface area contributed by atoms with Crippen LogP contribution in [0.5, 0.6) is 0 Å². The maximum absolute atomic E-state index is 12.4. The SMILES string of the molecule is COC(=O)c1sccc1NC(=O)CC(CN1CCN(c2ccccc2)CC1)C(=O)O. The molecule has 160 valence electrons. The van der Waals surface area contributed by atoms with Crippen LogP contribution in [0.15, 0.2) is 41.8 Å². The van der Waals surface area contributed by atoms with Crippen molar-refractivity contribution >= 4 is 40.6 Å². The van der Waals surface area contributed by atoms with Gasteiger partial charge in [-0.2, -0.15) is 0 Å². The second-order valence-corrected chi connectivity index (χ2v) is 7.98. The fraction of sp³-hybridized carbons (Fsp3) is 0.381. The minimum atomic E-state index is -1.01. The Morgan fingerprint density at radius 2 is 1.83 bits per heavy atom. The third kappa shape index (κ3) is 5.58. The number of rotatable bonds is 8. The normalized spacial score (nSPS) is 15.4. The van der Waals surface area contributed by atoms with E-state index in [0.717, 1.165) is 43.2 Å². The van der Waals surface area contributed by atoms with Crippen LogP contribution in [-0.4, -0.2) is 67.7 Å². The fourth-order valence-electron chi connectivity index (χ4n) is 3.45. The van der Waals surface area contributed by atoms with Gasteiger partial charge in [0.1, 0.15) is 4.88 Å². The van der Waals surface area contributed by atoms with Gasteiger partial charge in [-0.15, -0.1) is 11.3 Å². The van der Waals surface area contributed by atoms with Crippen LogP contribution in [0.25, 0.3) is 0 Å². The third-order valence-electron chi connectivity index (χ3n) is 5.06. The van der Waals surface area contributed by atoms with Crippen LogP contribution in [0, 0.1) is 5.92 Å². The van der Waals surface area contributed by atoms with E-state index in [1.807, 2.05) is 18.2 Å². The average Bonchev–Trinajstić information content (AvgIpc) is 3.21. The first-order valence-electron chi connectivity index (χ1n) is 9.68. The molecule has 2 aromatic rings. The van der Waals surface area contributed by atoms with E-state index >= 15 is 0 Å². The summed E-state index contributed by atoms with van der Waals surface area (Å²) >= 11 is 1.16. The van der Waals surface area contributed by atoms with Crippen LogP contribution in [0.2, 0.25) is 0 Å². The highest BCUT2D eigenvalue weighted by atomic mass is 32.1. The lowest BCUT2D eigenvalue weighted by Crippen LogP contribution is -2.48. The van der Waals surface area contributed by atoms with Crippen molar-refractivity contribution in [2.24, 2.45) is 5.92 Å². The molecule has 30 heavy (non-hydrogen) atoms. The summed E-state index contributed by atoms with van der Waals surface area (Å²) in [6.45, 7) is 3.38. The lowest BCUT2D eigenvalue weighted by molar-refractivity contribution is -0.144. The number of nitrogens with one attached hydrogen (secondary N) is 1. The number of ether oxygens (including phenoxy) is 1. The Bertz CT molecular complexity index is 878. The molecular weight excluding hydrogens is 406 g/mol. The molecule has 3 rings (SSSR count). The molecule has 0 aliphatic carbocycles. The molecule has 1 aromatic carbocycles. The standard InChI is InChI=1S/C21H25N3O5S/c1-29-21(28)19-17(7-12-30-19)22-18(25)13-15(20(26)27)14-23-8-10-24(11-9-23)16-5-3-2-4-6-16/h2-7,12,15H,8-11,13-14H2,1H3,(H,22,25)(H,26,27). The number of benzene rings is 1. The summed E-state index contributed by atoms with van der Waals surface area (Å²) in [5.74, 6) is -2.80. The fourth-order valence-corrected chi connectivity index (χ4v) is 4.22. The van der Waals surface area contributed by atoms with Crippen LogP contribution in [0.4, 0.5) is 11.4 Å². The quantitative estimate of drug-likeness (QED) is 0.619. The summed E-state index contributed by atoms with van der Waals surface area (Å²) in [4.78, 5) is 40.5.